The van der Waals surface area contributed by atoms with Crippen molar-refractivity contribution in [1.29, 1.82) is 5.26 Å². The molecule has 3 saturated heterocycles. The van der Waals surface area contributed by atoms with E-state index in [4.69, 9.17) is 10.00 Å². The molecule has 2 unspecified atom stereocenters. The maximum atomic E-state index is 13.5. The van der Waals surface area contributed by atoms with Gasteiger partial charge >= 0.3 is 12.2 Å². The summed E-state index contributed by atoms with van der Waals surface area (Å²) in [6, 6.07) is 3.33. The highest BCUT2D eigenvalue weighted by atomic mass is 19.4. The number of nitriles is 1. The van der Waals surface area contributed by atoms with Gasteiger partial charge in [0.05, 0.1) is 52.0 Å². The third kappa shape index (κ3) is 3.27. The molecule has 0 spiro atoms. The van der Waals surface area contributed by atoms with Crippen LogP contribution in [0.4, 0.5) is 23.7 Å². The molecule has 1 aromatic carbocycles. The number of hydrogen-bond acceptors (Lipinski definition) is 5. The zero-order chi connectivity index (χ0) is 24.6. The zero-order valence-corrected chi connectivity index (χ0v) is 18.5. The standard InChI is InChI=1S/C23H23F3N4O4/c1-21-8-15(29-20(33)28-10-11-3-4-11)22(2,34-21)17-16(21)18(31)30(19(17)32)13-6-5-12(9-27)14(7-13)23(24,25)26/h5-7,11,15-17H,3-4,8,10H2,1-2H3,(H2,28,29,33)/t15-,16-,17+,21?,22?/m1/s1. The second-order valence-corrected chi connectivity index (χ2v) is 9.96. The van der Waals surface area contributed by atoms with E-state index in [0.717, 1.165) is 23.8 Å². The van der Waals surface area contributed by atoms with Crippen molar-refractivity contribution in [3.05, 3.63) is 29.3 Å². The lowest BCUT2D eigenvalue weighted by molar-refractivity contribution is -0.138. The van der Waals surface area contributed by atoms with Crippen LogP contribution < -0.4 is 15.5 Å². The van der Waals surface area contributed by atoms with Crippen LogP contribution in [0.1, 0.15) is 44.2 Å². The van der Waals surface area contributed by atoms with Gasteiger partial charge in [-0.3, -0.25) is 9.59 Å². The predicted molar refractivity (Wildman–Crippen MR) is 111 cm³/mol. The molecule has 3 heterocycles. The molecule has 0 radical (unpaired) electrons. The lowest BCUT2D eigenvalue weighted by atomic mass is 9.66. The monoisotopic (exact) mass is 476 g/mol. The van der Waals surface area contributed by atoms with Crippen molar-refractivity contribution < 1.29 is 32.3 Å². The van der Waals surface area contributed by atoms with Gasteiger partial charge < -0.3 is 15.4 Å². The Labute approximate surface area is 193 Å². The Morgan fingerprint density at radius 2 is 1.91 bits per heavy atom. The van der Waals surface area contributed by atoms with E-state index in [1.54, 1.807) is 13.8 Å². The number of hydrogen-bond donors (Lipinski definition) is 2. The Hall–Kier alpha value is -3.13. The van der Waals surface area contributed by atoms with Gasteiger partial charge in [0, 0.05) is 13.0 Å². The van der Waals surface area contributed by atoms with Crippen LogP contribution in [0.15, 0.2) is 18.2 Å². The van der Waals surface area contributed by atoms with Crippen molar-refractivity contribution in [3.63, 3.8) is 0 Å². The molecule has 2 N–H and O–H groups in total. The SMILES string of the molecule is CC12C[C@@H](NC(=O)NCC3CC3)C(C)(O1)[C@@H]1C(=O)N(c3ccc(C#N)c(C(F)(F)F)c3)C(=O)[C@@H]12. The Bertz CT molecular complexity index is 1140. The molecule has 1 aliphatic carbocycles. The average molecular weight is 476 g/mol. The summed E-state index contributed by atoms with van der Waals surface area (Å²) >= 11 is 0. The van der Waals surface area contributed by atoms with Crippen LogP contribution in [0.3, 0.4) is 0 Å². The Morgan fingerprint density at radius 1 is 1.24 bits per heavy atom. The quantitative estimate of drug-likeness (QED) is 0.649. The minimum Gasteiger partial charge on any atom is -0.365 e. The molecular weight excluding hydrogens is 453 g/mol. The molecule has 4 aliphatic rings. The van der Waals surface area contributed by atoms with E-state index in [1.807, 2.05) is 0 Å². The number of alkyl halides is 3. The number of fused-ring (bicyclic) bond motifs is 5. The fourth-order valence-electron chi connectivity index (χ4n) is 5.78. The fourth-order valence-corrected chi connectivity index (χ4v) is 5.78. The van der Waals surface area contributed by atoms with E-state index in [1.165, 1.54) is 12.1 Å². The van der Waals surface area contributed by atoms with E-state index in [-0.39, 0.29) is 18.1 Å². The van der Waals surface area contributed by atoms with Crippen LogP contribution in [0.5, 0.6) is 0 Å². The van der Waals surface area contributed by atoms with Crippen LogP contribution in [-0.2, 0) is 20.5 Å². The van der Waals surface area contributed by atoms with Crippen LogP contribution in [0.2, 0.25) is 0 Å². The van der Waals surface area contributed by atoms with E-state index in [0.29, 0.717) is 18.5 Å². The highest BCUT2D eigenvalue weighted by molar-refractivity contribution is 6.23. The summed E-state index contributed by atoms with van der Waals surface area (Å²) < 4.78 is 46.6. The molecule has 34 heavy (non-hydrogen) atoms. The molecule has 2 bridgehead atoms. The molecule has 3 aliphatic heterocycles. The molecule has 1 saturated carbocycles. The van der Waals surface area contributed by atoms with E-state index in [2.05, 4.69) is 10.6 Å². The normalized spacial score (nSPS) is 34.2. The van der Waals surface area contributed by atoms with Gasteiger partial charge in [0.15, 0.2) is 0 Å². The first kappa shape index (κ1) is 22.7. The topological polar surface area (TPSA) is 112 Å². The van der Waals surface area contributed by atoms with Crippen molar-refractivity contribution in [3.8, 4) is 6.07 Å². The van der Waals surface area contributed by atoms with Gasteiger partial charge in [-0.05, 0) is 50.8 Å². The first-order chi connectivity index (χ1) is 15.9. The number of carbonyl (C=O) groups is 3. The molecule has 0 aromatic heterocycles. The first-order valence-electron chi connectivity index (χ1n) is 11.1. The van der Waals surface area contributed by atoms with Gasteiger partial charge in [-0.2, -0.15) is 18.4 Å². The number of imide groups is 1. The van der Waals surface area contributed by atoms with Gasteiger partial charge in [-0.15, -0.1) is 0 Å². The second-order valence-electron chi connectivity index (χ2n) is 9.96. The van der Waals surface area contributed by atoms with Crippen molar-refractivity contribution in [1.82, 2.24) is 10.6 Å². The molecule has 4 fully saturated rings. The minimum absolute atomic E-state index is 0.242. The number of ether oxygens (including phenoxy) is 1. The molecule has 180 valence electrons. The summed E-state index contributed by atoms with van der Waals surface area (Å²) in [5.74, 6) is -2.68. The van der Waals surface area contributed by atoms with Crippen LogP contribution in [-0.4, -0.2) is 41.6 Å². The predicted octanol–water partition coefficient (Wildman–Crippen LogP) is 2.71. The van der Waals surface area contributed by atoms with Crippen molar-refractivity contribution in [2.75, 3.05) is 11.4 Å². The number of urea groups is 1. The summed E-state index contributed by atoms with van der Waals surface area (Å²) in [6.45, 7) is 3.91. The van der Waals surface area contributed by atoms with Gasteiger partial charge in [-0.25, -0.2) is 9.69 Å². The van der Waals surface area contributed by atoms with E-state index < -0.39 is 58.2 Å². The summed E-state index contributed by atoms with van der Waals surface area (Å²) in [5, 5.41) is 14.7. The van der Waals surface area contributed by atoms with Crippen LogP contribution >= 0.6 is 0 Å². The van der Waals surface area contributed by atoms with Gasteiger partial charge in [-0.1, -0.05) is 0 Å². The maximum absolute atomic E-state index is 13.5. The smallest absolute Gasteiger partial charge is 0.365 e. The van der Waals surface area contributed by atoms with Crippen molar-refractivity contribution in [2.45, 2.75) is 56.5 Å². The molecule has 11 heteroatoms. The Morgan fingerprint density at radius 3 is 2.53 bits per heavy atom. The van der Waals surface area contributed by atoms with E-state index >= 15 is 0 Å². The fraction of sp³-hybridized carbons (Fsp3) is 0.565. The maximum Gasteiger partial charge on any atom is 0.417 e. The van der Waals surface area contributed by atoms with Gasteiger partial charge in [0.1, 0.15) is 0 Å². The van der Waals surface area contributed by atoms with Crippen molar-refractivity contribution >= 4 is 23.5 Å². The largest absolute Gasteiger partial charge is 0.417 e. The highest BCUT2D eigenvalue weighted by Gasteiger charge is 2.76. The number of carbonyl (C=O) groups excluding carboxylic acids is 3. The Kier molecular flexibility index (Phi) is 4.79. The average Bonchev–Trinajstić information content (AvgIpc) is 3.43. The minimum atomic E-state index is -4.83. The molecule has 1 aromatic rings. The second kappa shape index (κ2) is 7.18. The summed E-state index contributed by atoms with van der Waals surface area (Å²) in [5.41, 5.74) is -4.31. The Balaban J connectivity index is 1.44. The third-order valence-electron chi connectivity index (χ3n) is 7.58. The summed E-state index contributed by atoms with van der Waals surface area (Å²) in [4.78, 5) is 40.0. The van der Waals surface area contributed by atoms with Crippen LogP contribution in [0, 0.1) is 29.1 Å². The number of anilines is 1. The number of benzene rings is 1. The summed E-state index contributed by atoms with van der Waals surface area (Å²) in [6.07, 6.45) is -2.39. The van der Waals surface area contributed by atoms with E-state index in [9.17, 15) is 27.6 Å². The third-order valence-corrected chi connectivity index (χ3v) is 7.58. The van der Waals surface area contributed by atoms with Crippen LogP contribution in [0.25, 0.3) is 0 Å². The number of nitrogens with zero attached hydrogens (tertiary/aromatic N) is 2. The molecule has 5 atom stereocenters. The lowest BCUT2D eigenvalue weighted by Gasteiger charge is -2.35. The zero-order valence-electron chi connectivity index (χ0n) is 18.5. The number of amides is 4. The number of rotatable bonds is 4. The molecule has 4 amide bonds. The van der Waals surface area contributed by atoms with Crippen molar-refractivity contribution in [2.24, 2.45) is 17.8 Å². The number of halogens is 3. The lowest BCUT2D eigenvalue weighted by Crippen LogP contribution is -2.58. The highest BCUT2D eigenvalue weighted by Crippen LogP contribution is 2.61. The molecule has 5 rings (SSSR count). The van der Waals surface area contributed by atoms with Gasteiger partial charge in [0.25, 0.3) is 0 Å². The molecule has 8 nitrogen and oxygen atoms in total. The number of nitrogens with one attached hydrogen (secondary N) is 2. The first-order valence-corrected chi connectivity index (χ1v) is 11.1. The van der Waals surface area contributed by atoms with Gasteiger partial charge in [0.2, 0.25) is 11.8 Å². The molecular formula is C23H23F3N4O4. The summed E-state index contributed by atoms with van der Waals surface area (Å²) in [7, 11) is 0.